The first kappa shape index (κ1) is 9.96. The van der Waals surface area contributed by atoms with Crippen LogP contribution < -0.4 is 5.32 Å². The van der Waals surface area contributed by atoms with Crippen molar-refractivity contribution < 1.29 is 9.84 Å². The van der Waals surface area contributed by atoms with Gasteiger partial charge in [0.05, 0.1) is 12.2 Å². The molecule has 0 aromatic heterocycles. The first-order valence-corrected chi connectivity index (χ1v) is 4.47. The van der Waals surface area contributed by atoms with Crippen molar-refractivity contribution in [1.82, 2.24) is 5.32 Å². The topological polar surface area (TPSA) is 41.5 Å². The summed E-state index contributed by atoms with van der Waals surface area (Å²) >= 11 is 0. The zero-order valence-corrected chi connectivity index (χ0v) is 8.18. The van der Waals surface area contributed by atoms with Crippen LogP contribution in [0.15, 0.2) is 0 Å². The van der Waals surface area contributed by atoms with Crippen LogP contribution >= 0.6 is 0 Å². The van der Waals surface area contributed by atoms with Crippen molar-refractivity contribution in [2.24, 2.45) is 0 Å². The summed E-state index contributed by atoms with van der Waals surface area (Å²) in [5.41, 5.74) is -0.230. The maximum absolute atomic E-state index is 9.26. The number of hydrogen-bond acceptors (Lipinski definition) is 3. The van der Waals surface area contributed by atoms with Gasteiger partial charge in [-0.2, -0.15) is 0 Å². The Morgan fingerprint density at radius 1 is 1.50 bits per heavy atom. The lowest BCUT2D eigenvalue weighted by Crippen LogP contribution is -2.55. The Morgan fingerprint density at radius 3 is 2.50 bits per heavy atom. The molecule has 0 aliphatic carbocycles. The number of nitrogens with one attached hydrogen (secondary N) is 1. The molecule has 0 amide bonds. The Labute approximate surface area is 74.1 Å². The molecule has 1 aliphatic rings. The lowest BCUT2D eigenvalue weighted by Gasteiger charge is -2.43. The minimum Gasteiger partial charge on any atom is -0.394 e. The predicted molar refractivity (Wildman–Crippen MR) is 48.1 cm³/mol. The van der Waals surface area contributed by atoms with E-state index < -0.39 is 0 Å². The summed E-state index contributed by atoms with van der Waals surface area (Å²) in [4.78, 5) is 0. The van der Waals surface area contributed by atoms with Gasteiger partial charge in [0, 0.05) is 12.1 Å². The highest BCUT2D eigenvalue weighted by Crippen LogP contribution is 2.31. The molecule has 0 spiro atoms. The van der Waals surface area contributed by atoms with E-state index in [1.54, 1.807) is 0 Å². The van der Waals surface area contributed by atoms with Crippen molar-refractivity contribution in [2.45, 2.75) is 37.8 Å². The summed E-state index contributed by atoms with van der Waals surface area (Å²) < 4.78 is 5.57. The van der Waals surface area contributed by atoms with E-state index in [9.17, 15) is 5.11 Å². The number of likely N-dealkylation sites (N-methyl/N-ethyl adjacent to an activating group) is 1. The fourth-order valence-corrected chi connectivity index (χ4v) is 1.90. The Balaban J connectivity index is 2.65. The summed E-state index contributed by atoms with van der Waals surface area (Å²) in [6.07, 6.45) is 1.76. The Hall–Kier alpha value is -0.120. The molecule has 1 fully saturated rings. The van der Waals surface area contributed by atoms with Gasteiger partial charge >= 0.3 is 0 Å². The average Bonchev–Trinajstić information content (AvgIpc) is 2.02. The maximum Gasteiger partial charge on any atom is 0.0645 e. The van der Waals surface area contributed by atoms with Gasteiger partial charge in [0.25, 0.3) is 0 Å². The molecule has 1 aliphatic heterocycles. The van der Waals surface area contributed by atoms with E-state index in [-0.39, 0.29) is 17.7 Å². The first-order valence-electron chi connectivity index (χ1n) is 4.47. The van der Waals surface area contributed by atoms with E-state index >= 15 is 0 Å². The van der Waals surface area contributed by atoms with Crippen LogP contribution in [-0.2, 0) is 4.74 Å². The van der Waals surface area contributed by atoms with E-state index in [1.807, 2.05) is 7.05 Å². The van der Waals surface area contributed by atoms with E-state index in [2.05, 4.69) is 19.2 Å². The molecule has 0 saturated carbocycles. The minimum absolute atomic E-state index is 0.107. The smallest absolute Gasteiger partial charge is 0.0645 e. The second-order valence-corrected chi connectivity index (χ2v) is 4.22. The van der Waals surface area contributed by atoms with Gasteiger partial charge in [-0.15, -0.1) is 0 Å². The van der Waals surface area contributed by atoms with Crippen molar-refractivity contribution in [2.75, 3.05) is 20.3 Å². The minimum atomic E-state index is -0.123. The molecule has 72 valence electrons. The second-order valence-electron chi connectivity index (χ2n) is 4.22. The van der Waals surface area contributed by atoms with Gasteiger partial charge in [-0.3, -0.25) is 0 Å². The van der Waals surface area contributed by atoms with Crippen molar-refractivity contribution in [3.05, 3.63) is 0 Å². The molecule has 1 saturated heterocycles. The monoisotopic (exact) mass is 173 g/mol. The molecule has 1 atom stereocenters. The molecule has 3 nitrogen and oxygen atoms in total. The van der Waals surface area contributed by atoms with Crippen molar-refractivity contribution in [3.8, 4) is 0 Å². The Bertz CT molecular complexity index is 153. The molecule has 0 aromatic carbocycles. The van der Waals surface area contributed by atoms with Gasteiger partial charge in [0.2, 0.25) is 0 Å². The van der Waals surface area contributed by atoms with Gasteiger partial charge in [-0.05, 0) is 33.7 Å². The predicted octanol–water partition coefficient (Wildman–Crippen LogP) is 0.526. The molecule has 0 aromatic rings. The lowest BCUT2D eigenvalue weighted by atomic mass is 9.82. The molecule has 1 rings (SSSR count). The standard InChI is InChI=1S/C9H19NO2/c1-8(2)6-9(7-11,10-3)4-5-12-8/h10-11H,4-7H2,1-3H3. The third kappa shape index (κ3) is 1.97. The van der Waals surface area contributed by atoms with Crippen molar-refractivity contribution in [1.29, 1.82) is 0 Å². The Kier molecular flexibility index (Phi) is 2.76. The summed E-state index contributed by atoms with van der Waals surface area (Å²) in [5, 5.41) is 12.4. The summed E-state index contributed by atoms with van der Waals surface area (Å²) in [6, 6.07) is 0. The third-order valence-corrected chi connectivity index (χ3v) is 2.67. The molecular formula is C9H19NO2. The first-order chi connectivity index (χ1) is 5.54. The van der Waals surface area contributed by atoms with Crippen molar-refractivity contribution in [3.63, 3.8) is 0 Å². The van der Waals surface area contributed by atoms with Gasteiger partial charge in [-0.1, -0.05) is 0 Å². The van der Waals surface area contributed by atoms with Gasteiger partial charge in [-0.25, -0.2) is 0 Å². The van der Waals surface area contributed by atoms with Crippen LogP contribution in [-0.4, -0.2) is 36.5 Å². The normalized spacial score (nSPS) is 35.0. The highest BCUT2D eigenvalue weighted by molar-refractivity contribution is 4.95. The van der Waals surface area contributed by atoms with Gasteiger partial charge in [0.1, 0.15) is 0 Å². The number of hydrogen-bond donors (Lipinski definition) is 2. The quantitative estimate of drug-likeness (QED) is 0.640. The van der Waals surface area contributed by atoms with E-state index in [0.717, 1.165) is 19.4 Å². The fraction of sp³-hybridized carbons (Fsp3) is 1.00. The zero-order chi connectivity index (χ0) is 9.24. The summed E-state index contributed by atoms with van der Waals surface area (Å²) in [7, 11) is 1.90. The second kappa shape index (κ2) is 3.32. The van der Waals surface area contributed by atoms with Crippen LogP contribution in [0.4, 0.5) is 0 Å². The van der Waals surface area contributed by atoms with E-state index in [0.29, 0.717) is 0 Å². The van der Waals surface area contributed by atoms with Crippen LogP contribution in [0.25, 0.3) is 0 Å². The highest BCUT2D eigenvalue weighted by Gasteiger charge is 2.39. The van der Waals surface area contributed by atoms with Gasteiger partial charge < -0.3 is 15.2 Å². The molecule has 2 N–H and O–H groups in total. The van der Waals surface area contributed by atoms with Crippen LogP contribution in [0.1, 0.15) is 26.7 Å². The molecule has 1 unspecified atom stereocenters. The summed E-state index contributed by atoms with van der Waals surface area (Å²) in [6.45, 7) is 5.05. The third-order valence-electron chi connectivity index (χ3n) is 2.67. The van der Waals surface area contributed by atoms with E-state index in [1.165, 1.54) is 0 Å². The number of aliphatic hydroxyl groups is 1. The number of aliphatic hydroxyl groups excluding tert-OH is 1. The fourth-order valence-electron chi connectivity index (χ4n) is 1.90. The van der Waals surface area contributed by atoms with Gasteiger partial charge in [0.15, 0.2) is 0 Å². The van der Waals surface area contributed by atoms with E-state index in [4.69, 9.17) is 4.74 Å². The lowest BCUT2D eigenvalue weighted by molar-refractivity contribution is -0.0963. The summed E-state index contributed by atoms with van der Waals surface area (Å²) in [5.74, 6) is 0. The average molecular weight is 173 g/mol. The number of ether oxygens (including phenoxy) is 1. The Morgan fingerprint density at radius 2 is 2.17 bits per heavy atom. The van der Waals surface area contributed by atoms with Crippen LogP contribution in [0.2, 0.25) is 0 Å². The molecular weight excluding hydrogens is 154 g/mol. The largest absolute Gasteiger partial charge is 0.394 e. The molecule has 3 heteroatoms. The van der Waals surface area contributed by atoms with Crippen LogP contribution in [0.3, 0.4) is 0 Å². The van der Waals surface area contributed by atoms with Crippen LogP contribution in [0, 0.1) is 0 Å². The molecule has 0 radical (unpaired) electrons. The molecule has 12 heavy (non-hydrogen) atoms. The SMILES string of the molecule is CNC1(CO)CCOC(C)(C)C1. The number of rotatable bonds is 2. The molecule has 1 heterocycles. The maximum atomic E-state index is 9.26. The zero-order valence-electron chi connectivity index (χ0n) is 8.18. The van der Waals surface area contributed by atoms with Crippen molar-refractivity contribution >= 4 is 0 Å². The van der Waals surface area contributed by atoms with Crippen LogP contribution in [0.5, 0.6) is 0 Å². The molecule has 0 bridgehead atoms. The highest BCUT2D eigenvalue weighted by atomic mass is 16.5.